The molecule has 1 aromatic rings. The topological polar surface area (TPSA) is 91.5 Å². The highest BCUT2D eigenvalue weighted by Crippen LogP contribution is 2.32. The number of amides is 1. The number of rotatable bonds is 5. The monoisotopic (exact) mass is 296 g/mol. The summed E-state index contributed by atoms with van der Waals surface area (Å²) in [6.07, 6.45) is 3.69. The molecule has 2 saturated carbocycles. The van der Waals surface area contributed by atoms with Crippen LogP contribution in [0.5, 0.6) is 0 Å². The molecule has 4 N–H and O–H groups in total. The predicted molar refractivity (Wildman–Crippen MR) is 78.9 cm³/mol. The number of carbonyl (C=O) groups excluding carboxylic acids is 1. The van der Waals surface area contributed by atoms with Gasteiger partial charge in [-0.15, -0.1) is 0 Å². The van der Waals surface area contributed by atoms with Gasteiger partial charge >= 0.3 is 0 Å². The van der Waals surface area contributed by atoms with E-state index in [0.29, 0.717) is 29.2 Å². The van der Waals surface area contributed by atoms with Crippen LogP contribution in [0.4, 0.5) is 10.9 Å². The van der Waals surface area contributed by atoms with Crippen LogP contribution in [-0.4, -0.2) is 46.6 Å². The number of nitrogens with one attached hydrogen (secondary N) is 1. The summed E-state index contributed by atoms with van der Waals surface area (Å²) < 4.78 is 0. The second-order valence-electron chi connectivity index (χ2n) is 5.83. The van der Waals surface area contributed by atoms with Crippen molar-refractivity contribution in [2.45, 2.75) is 37.8 Å². The van der Waals surface area contributed by atoms with Crippen LogP contribution < -0.4 is 11.1 Å². The molecular weight excluding hydrogens is 276 g/mol. The molecule has 0 bridgehead atoms. The average molecular weight is 296 g/mol. The van der Waals surface area contributed by atoms with E-state index in [-0.39, 0.29) is 12.0 Å². The summed E-state index contributed by atoms with van der Waals surface area (Å²) in [7, 11) is 1.78. The van der Waals surface area contributed by atoms with Crippen molar-refractivity contribution in [3.63, 3.8) is 0 Å². The van der Waals surface area contributed by atoms with Crippen LogP contribution in [0.3, 0.4) is 0 Å². The van der Waals surface area contributed by atoms with E-state index in [1.165, 1.54) is 11.3 Å². The maximum Gasteiger partial charge on any atom is 0.267 e. The van der Waals surface area contributed by atoms with Gasteiger partial charge in [-0.25, -0.2) is 4.98 Å². The minimum atomic E-state index is -0.189. The molecule has 0 spiro atoms. The van der Waals surface area contributed by atoms with Crippen molar-refractivity contribution in [2.75, 3.05) is 24.6 Å². The number of nitrogen functional groups attached to an aromatic ring is 1. The van der Waals surface area contributed by atoms with Crippen molar-refractivity contribution in [1.82, 2.24) is 9.88 Å². The normalized spacial score (nSPS) is 25.1. The van der Waals surface area contributed by atoms with Crippen LogP contribution in [-0.2, 0) is 0 Å². The first-order chi connectivity index (χ1) is 9.52. The number of aromatic nitrogens is 1. The number of anilines is 2. The number of aliphatic hydroxyl groups excluding tert-OH is 1. The van der Waals surface area contributed by atoms with Gasteiger partial charge in [0.2, 0.25) is 0 Å². The van der Waals surface area contributed by atoms with E-state index in [2.05, 4.69) is 10.3 Å². The van der Waals surface area contributed by atoms with Crippen molar-refractivity contribution in [1.29, 1.82) is 0 Å². The SMILES string of the molecule is CN(CC1CC(O)C1)C(=O)c1sc(NC2CC2)nc1N. The zero-order valence-electron chi connectivity index (χ0n) is 11.5. The van der Waals surface area contributed by atoms with Crippen molar-refractivity contribution >= 4 is 28.2 Å². The highest BCUT2D eigenvalue weighted by atomic mass is 32.1. The standard InChI is InChI=1S/C13H20N4O2S/c1-17(6-7-4-9(18)5-7)12(19)10-11(14)16-13(20-10)15-8-2-3-8/h7-9,18H,2-6,14H2,1H3,(H,15,16). The number of hydrogen-bond acceptors (Lipinski definition) is 6. The maximum absolute atomic E-state index is 12.4. The summed E-state index contributed by atoms with van der Waals surface area (Å²) in [5.41, 5.74) is 5.85. The molecule has 20 heavy (non-hydrogen) atoms. The number of nitrogens with zero attached hydrogens (tertiary/aromatic N) is 2. The molecule has 2 aliphatic rings. The average Bonchev–Trinajstić information content (AvgIpc) is 3.09. The number of hydrogen-bond donors (Lipinski definition) is 3. The van der Waals surface area contributed by atoms with E-state index in [4.69, 9.17) is 5.73 Å². The fourth-order valence-corrected chi connectivity index (χ4v) is 3.40. The number of nitrogens with two attached hydrogens (primary N) is 1. The minimum Gasteiger partial charge on any atom is -0.393 e. The molecule has 6 nitrogen and oxygen atoms in total. The van der Waals surface area contributed by atoms with E-state index >= 15 is 0 Å². The van der Waals surface area contributed by atoms with Gasteiger partial charge in [-0.1, -0.05) is 11.3 Å². The lowest BCUT2D eigenvalue weighted by atomic mass is 9.82. The first-order valence-corrected chi connectivity index (χ1v) is 7.81. The molecule has 2 fully saturated rings. The van der Waals surface area contributed by atoms with Crippen LogP contribution in [0.15, 0.2) is 0 Å². The molecule has 1 amide bonds. The lowest BCUT2D eigenvalue weighted by Crippen LogP contribution is -2.39. The van der Waals surface area contributed by atoms with E-state index in [0.717, 1.165) is 30.8 Å². The Morgan fingerprint density at radius 1 is 1.55 bits per heavy atom. The van der Waals surface area contributed by atoms with E-state index in [1.807, 2.05) is 0 Å². The molecule has 0 saturated heterocycles. The Morgan fingerprint density at radius 2 is 2.25 bits per heavy atom. The maximum atomic E-state index is 12.4. The quantitative estimate of drug-likeness (QED) is 0.758. The molecule has 3 rings (SSSR count). The van der Waals surface area contributed by atoms with Gasteiger partial charge in [0.25, 0.3) is 5.91 Å². The molecule has 0 aromatic carbocycles. The Labute approximate surface area is 122 Å². The lowest BCUT2D eigenvalue weighted by molar-refractivity contribution is 0.0266. The van der Waals surface area contributed by atoms with E-state index in [9.17, 15) is 9.90 Å². The van der Waals surface area contributed by atoms with Gasteiger partial charge in [0.05, 0.1) is 6.10 Å². The first kappa shape index (κ1) is 13.6. The summed E-state index contributed by atoms with van der Waals surface area (Å²) >= 11 is 1.33. The van der Waals surface area contributed by atoms with Gasteiger partial charge in [-0.05, 0) is 31.6 Å². The first-order valence-electron chi connectivity index (χ1n) is 6.99. The Balaban J connectivity index is 1.61. The summed E-state index contributed by atoms with van der Waals surface area (Å²) in [4.78, 5) is 18.8. The zero-order valence-corrected chi connectivity index (χ0v) is 12.3. The Kier molecular flexibility index (Phi) is 3.55. The minimum absolute atomic E-state index is 0.0785. The van der Waals surface area contributed by atoms with Crippen LogP contribution in [0.1, 0.15) is 35.4 Å². The van der Waals surface area contributed by atoms with Crippen LogP contribution in [0.25, 0.3) is 0 Å². The third kappa shape index (κ3) is 2.88. The number of aliphatic hydroxyl groups is 1. The summed E-state index contributed by atoms with van der Waals surface area (Å²) in [5, 5.41) is 13.3. The fourth-order valence-electron chi connectivity index (χ4n) is 2.44. The number of carbonyl (C=O) groups is 1. The molecule has 0 unspecified atom stereocenters. The van der Waals surface area contributed by atoms with E-state index in [1.54, 1.807) is 11.9 Å². The Hall–Kier alpha value is -1.34. The van der Waals surface area contributed by atoms with Crippen LogP contribution in [0, 0.1) is 5.92 Å². The second-order valence-corrected chi connectivity index (χ2v) is 6.83. The van der Waals surface area contributed by atoms with Gasteiger partial charge in [0.1, 0.15) is 10.7 Å². The fraction of sp³-hybridized carbons (Fsp3) is 0.692. The largest absolute Gasteiger partial charge is 0.393 e. The molecular formula is C13H20N4O2S. The third-order valence-corrected chi connectivity index (χ3v) is 4.83. The Bertz CT molecular complexity index is 508. The molecule has 0 radical (unpaired) electrons. The summed E-state index contributed by atoms with van der Waals surface area (Å²) in [6, 6.07) is 0.498. The second kappa shape index (κ2) is 5.21. The van der Waals surface area contributed by atoms with Gasteiger partial charge in [-0.3, -0.25) is 4.79 Å². The highest BCUT2D eigenvalue weighted by Gasteiger charge is 2.30. The summed E-state index contributed by atoms with van der Waals surface area (Å²) in [6.45, 7) is 0.665. The van der Waals surface area contributed by atoms with Gasteiger partial charge < -0.3 is 21.1 Å². The highest BCUT2D eigenvalue weighted by molar-refractivity contribution is 7.18. The summed E-state index contributed by atoms with van der Waals surface area (Å²) in [5.74, 6) is 0.631. The predicted octanol–water partition coefficient (Wildman–Crippen LogP) is 1.14. The van der Waals surface area contributed by atoms with Crippen molar-refractivity contribution in [3.05, 3.63) is 4.88 Å². The van der Waals surface area contributed by atoms with E-state index < -0.39 is 0 Å². The molecule has 2 aliphatic carbocycles. The molecule has 1 heterocycles. The molecule has 7 heteroatoms. The van der Waals surface area contributed by atoms with Crippen LogP contribution >= 0.6 is 11.3 Å². The van der Waals surface area contributed by atoms with Crippen molar-refractivity contribution in [3.8, 4) is 0 Å². The van der Waals surface area contributed by atoms with Gasteiger partial charge in [0.15, 0.2) is 5.13 Å². The molecule has 110 valence electrons. The molecule has 0 aliphatic heterocycles. The van der Waals surface area contributed by atoms with Crippen molar-refractivity contribution in [2.24, 2.45) is 5.92 Å². The Morgan fingerprint density at radius 3 is 2.85 bits per heavy atom. The molecule has 1 aromatic heterocycles. The van der Waals surface area contributed by atoms with Crippen LogP contribution in [0.2, 0.25) is 0 Å². The van der Waals surface area contributed by atoms with Gasteiger partial charge in [-0.2, -0.15) is 0 Å². The zero-order chi connectivity index (χ0) is 14.3. The van der Waals surface area contributed by atoms with Crippen molar-refractivity contribution < 1.29 is 9.90 Å². The lowest BCUT2D eigenvalue weighted by Gasteiger charge is -2.34. The number of thiazole rings is 1. The van der Waals surface area contributed by atoms with Gasteiger partial charge in [0, 0.05) is 19.6 Å². The third-order valence-electron chi connectivity index (χ3n) is 3.84. The molecule has 0 atom stereocenters. The smallest absolute Gasteiger partial charge is 0.267 e.